The van der Waals surface area contributed by atoms with E-state index in [0.29, 0.717) is 24.4 Å². The smallest absolute Gasteiger partial charge is 0.228 e. The summed E-state index contributed by atoms with van der Waals surface area (Å²) < 4.78 is 28.6. The maximum Gasteiger partial charge on any atom is 0.228 e. The standard InChI is InChI=1S/C17H20N2O4S/c1-2-19(15-8-9-24(21,22)12-15)17(20)11-14-10-16(23-18-14)13-6-4-3-5-7-13/h3-7,10,15H,2,8-9,11-12H2,1H3/t15-/m1/s1. The van der Waals surface area contributed by atoms with Gasteiger partial charge in [0.15, 0.2) is 15.6 Å². The van der Waals surface area contributed by atoms with Crippen LogP contribution in [-0.2, 0) is 21.1 Å². The molecule has 3 rings (SSSR count). The Hall–Kier alpha value is -2.15. The van der Waals surface area contributed by atoms with Gasteiger partial charge in [0, 0.05) is 24.2 Å². The Morgan fingerprint density at radius 2 is 2.08 bits per heavy atom. The Labute approximate surface area is 141 Å². The van der Waals surface area contributed by atoms with E-state index < -0.39 is 9.84 Å². The molecule has 7 heteroatoms. The Balaban J connectivity index is 1.69. The maximum absolute atomic E-state index is 12.5. The average molecular weight is 348 g/mol. The zero-order valence-electron chi connectivity index (χ0n) is 13.5. The maximum atomic E-state index is 12.5. The largest absolute Gasteiger partial charge is 0.356 e. The highest BCUT2D eigenvalue weighted by atomic mass is 32.2. The van der Waals surface area contributed by atoms with Crippen LogP contribution in [0.5, 0.6) is 0 Å². The summed E-state index contributed by atoms with van der Waals surface area (Å²) in [6, 6.07) is 11.1. The van der Waals surface area contributed by atoms with Gasteiger partial charge in [-0.3, -0.25) is 4.79 Å². The van der Waals surface area contributed by atoms with Crippen molar-refractivity contribution in [3.63, 3.8) is 0 Å². The molecule has 1 atom stereocenters. The molecule has 1 aromatic carbocycles. The van der Waals surface area contributed by atoms with Crippen molar-refractivity contribution in [2.45, 2.75) is 25.8 Å². The van der Waals surface area contributed by atoms with Crippen LogP contribution in [-0.4, -0.2) is 48.5 Å². The highest BCUT2D eigenvalue weighted by Gasteiger charge is 2.34. The van der Waals surface area contributed by atoms with E-state index in [-0.39, 0.29) is 29.9 Å². The molecule has 0 radical (unpaired) electrons. The van der Waals surface area contributed by atoms with Crippen molar-refractivity contribution in [3.05, 3.63) is 42.1 Å². The van der Waals surface area contributed by atoms with Crippen LogP contribution in [0, 0.1) is 0 Å². The van der Waals surface area contributed by atoms with Crippen LogP contribution in [0.1, 0.15) is 19.0 Å². The lowest BCUT2D eigenvalue weighted by molar-refractivity contribution is -0.132. The lowest BCUT2D eigenvalue weighted by Gasteiger charge is -2.26. The molecule has 0 bridgehead atoms. The highest BCUT2D eigenvalue weighted by molar-refractivity contribution is 7.91. The summed E-state index contributed by atoms with van der Waals surface area (Å²) in [6.07, 6.45) is 0.622. The topological polar surface area (TPSA) is 80.5 Å². The summed E-state index contributed by atoms with van der Waals surface area (Å²) in [5, 5.41) is 3.96. The Morgan fingerprint density at radius 3 is 2.71 bits per heavy atom. The van der Waals surface area contributed by atoms with Crippen molar-refractivity contribution in [3.8, 4) is 11.3 Å². The van der Waals surface area contributed by atoms with Gasteiger partial charge in [-0.05, 0) is 13.3 Å². The van der Waals surface area contributed by atoms with Crippen molar-refractivity contribution >= 4 is 15.7 Å². The summed E-state index contributed by atoms with van der Waals surface area (Å²) >= 11 is 0. The number of likely N-dealkylation sites (N-methyl/N-ethyl adjacent to an activating group) is 1. The van der Waals surface area contributed by atoms with Crippen molar-refractivity contribution in [2.75, 3.05) is 18.1 Å². The molecule has 1 aromatic heterocycles. The lowest BCUT2D eigenvalue weighted by Crippen LogP contribution is -2.41. The first-order chi connectivity index (χ1) is 11.5. The summed E-state index contributed by atoms with van der Waals surface area (Å²) in [7, 11) is -3.02. The first-order valence-corrected chi connectivity index (χ1v) is 9.81. The molecule has 0 N–H and O–H groups in total. The zero-order valence-corrected chi connectivity index (χ0v) is 14.3. The van der Waals surface area contributed by atoms with E-state index in [1.54, 1.807) is 11.0 Å². The van der Waals surface area contributed by atoms with Gasteiger partial charge >= 0.3 is 0 Å². The SMILES string of the molecule is CCN(C(=O)Cc1cc(-c2ccccc2)on1)[C@@H]1CCS(=O)(=O)C1. The zero-order chi connectivity index (χ0) is 17.2. The second-order valence-corrected chi connectivity index (χ2v) is 8.19. The van der Waals surface area contributed by atoms with Crippen LogP contribution < -0.4 is 0 Å². The molecule has 0 aliphatic carbocycles. The Bertz CT molecular complexity index is 814. The lowest BCUT2D eigenvalue weighted by atomic mass is 10.1. The molecule has 1 saturated heterocycles. The van der Waals surface area contributed by atoms with E-state index in [9.17, 15) is 13.2 Å². The fraction of sp³-hybridized carbons (Fsp3) is 0.412. The van der Waals surface area contributed by atoms with Crippen molar-refractivity contribution in [1.29, 1.82) is 0 Å². The third-order valence-electron chi connectivity index (χ3n) is 4.26. The number of carbonyl (C=O) groups excluding carboxylic acids is 1. The molecule has 0 spiro atoms. The number of rotatable bonds is 5. The number of nitrogens with zero attached hydrogens (tertiary/aromatic N) is 2. The van der Waals surface area contributed by atoms with Crippen LogP contribution in [0.2, 0.25) is 0 Å². The molecule has 128 valence electrons. The molecular formula is C17H20N2O4S. The van der Waals surface area contributed by atoms with E-state index in [1.165, 1.54) is 0 Å². The minimum Gasteiger partial charge on any atom is -0.356 e. The predicted molar refractivity (Wildman–Crippen MR) is 90.1 cm³/mol. The van der Waals surface area contributed by atoms with Crippen LogP contribution >= 0.6 is 0 Å². The van der Waals surface area contributed by atoms with Gasteiger partial charge in [-0.15, -0.1) is 0 Å². The molecular weight excluding hydrogens is 328 g/mol. The Kier molecular flexibility index (Phi) is 4.71. The quantitative estimate of drug-likeness (QED) is 0.825. The first kappa shape index (κ1) is 16.7. The predicted octanol–water partition coefficient (Wildman–Crippen LogP) is 1.92. The van der Waals surface area contributed by atoms with Crippen LogP contribution in [0.25, 0.3) is 11.3 Å². The minimum absolute atomic E-state index is 0.0562. The van der Waals surface area contributed by atoms with E-state index >= 15 is 0 Å². The number of hydrogen-bond donors (Lipinski definition) is 0. The summed E-state index contributed by atoms with van der Waals surface area (Å²) in [4.78, 5) is 14.2. The van der Waals surface area contributed by atoms with Crippen molar-refractivity contribution in [2.24, 2.45) is 0 Å². The average Bonchev–Trinajstić information content (AvgIpc) is 3.16. The molecule has 0 saturated carbocycles. The molecule has 24 heavy (non-hydrogen) atoms. The van der Waals surface area contributed by atoms with Crippen LogP contribution in [0.3, 0.4) is 0 Å². The fourth-order valence-corrected chi connectivity index (χ4v) is 4.78. The van der Waals surface area contributed by atoms with Gasteiger partial charge in [0.1, 0.15) is 0 Å². The summed E-state index contributed by atoms with van der Waals surface area (Å²) in [6.45, 7) is 2.35. The second-order valence-electron chi connectivity index (χ2n) is 5.96. The van der Waals surface area contributed by atoms with Gasteiger partial charge in [0.05, 0.1) is 23.6 Å². The fourth-order valence-electron chi connectivity index (χ4n) is 3.05. The molecule has 1 fully saturated rings. The summed E-state index contributed by atoms with van der Waals surface area (Å²) in [5.74, 6) is 0.710. The van der Waals surface area contributed by atoms with E-state index in [1.807, 2.05) is 37.3 Å². The monoisotopic (exact) mass is 348 g/mol. The number of aromatic nitrogens is 1. The molecule has 1 aliphatic rings. The molecule has 6 nitrogen and oxygen atoms in total. The van der Waals surface area contributed by atoms with E-state index in [4.69, 9.17) is 4.52 Å². The van der Waals surface area contributed by atoms with Gasteiger partial charge in [-0.25, -0.2) is 8.42 Å². The van der Waals surface area contributed by atoms with Gasteiger partial charge in [0.2, 0.25) is 5.91 Å². The van der Waals surface area contributed by atoms with Gasteiger partial charge < -0.3 is 9.42 Å². The second kappa shape index (κ2) is 6.76. The summed E-state index contributed by atoms with van der Waals surface area (Å²) in [5.41, 5.74) is 1.45. The number of carbonyl (C=O) groups is 1. The third kappa shape index (κ3) is 3.67. The van der Waals surface area contributed by atoms with Gasteiger partial charge in [-0.1, -0.05) is 35.5 Å². The van der Waals surface area contributed by atoms with Gasteiger partial charge in [0.25, 0.3) is 0 Å². The normalized spacial score (nSPS) is 19.3. The van der Waals surface area contributed by atoms with Crippen LogP contribution in [0.15, 0.2) is 40.9 Å². The molecule has 0 unspecified atom stereocenters. The number of hydrogen-bond acceptors (Lipinski definition) is 5. The van der Waals surface area contributed by atoms with E-state index in [2.05, 4.69) is 5.16 Å². The molecule has 2 heterocycles. The first-order valence-electron chi connectivity index (χ1n) is 7.99. The highest BCUT2D eigenvalue weighted by Crippen LogP contribution is 2.22. The van der Waals surface area contributed by atoms with Gasteiger partial charge in [-0.2, -0.15) is 0 Å². The molecule has 2 aromatic rings. The van der Waals surface area contributed by atoms with Crippen molar-refractivity contribution in [1.82, 2.24) is 10.1 Å². The van der Waals surface area contributed by atoms with E-state index in [0.717, 1.165) is 5.56 Å². The number of amides is 1. The number of benzene rings is 1. The Morgan fingerprint density at radius 1 is 1.33 bits per heavy atom. The number of sulfone groups is 1. The van der Waals surface area contributed by atoms with Crippen molar-refractivity contribution < 1.29 is 17.7 Å². The molecule has 1 amide bonds. The minimum atomic E-state index is -3.02. The molecule has 1 aliphatic heterocycles. The van der Waals surface area contributed by atoms with Crippen LogP contribution in [0.4, 0.5) is 0 Å². The third-order valence-corrected chi connectivity index (χ3v) is 6.01.